The Morgan fingerprint density at radius 2 is 1.69 bits per heavy atom. The number of nitrogens with zero attached hydrogens (tertiary/aromatic N) is 2. The van der Waals surface area contributed by atoms with Crippen LogP contribution in [0, 0.1) is 6.92 Å². The lowest BCUT2D eigenvalue weighted by atomic mass is 10.1. The highest BCUT2D eigenvalue weighted by Crippen LogP contribution is 2.28. The molecule has 1 N–H and O–H groups in total. The SMILES string of the molecule is COc1cc(/C=N\NC(=O)c2ccc(C)cc2)ccc1OC(=O)c1ccncc1. The van der Waals surface area contributed by atoms with Gasteiger partial charge in [-0.2, -0.15) is 5.10 Å². The van der Waals surface area contributed by atoms with Crippen molar-refractivity contribution in [2.45, 2.75) is 6.92 Å². The van der Waals surface area contributed by atoms with E-state index in [-0.39, 0.29) is 11.7 Å². The molecule has 7 nitrogen and oxygen atoms in total. The summed E-state index contributed by atoms with van der Waals surface area (Å²) in [6.07, 6.45) is 4.50. The van der Waals surface area contributed by atoms with Crippen molar-refractivity contribution in [2.24, 2.45) is 5.10 Å². The standard InChI is InChI=1S/C22H19N3O4/c1-15-3-6-17(7-4-15)21(26)25-24-14-16-5-8-19(20(13-16)28-2)29-22(27)18-9-11-23-12-10-18/h3-14H,1-2H3,(H,25,26)/b24-14-. The first kappa shape index (κ1) is 19.8. The Morgan fingerprint density at radius 3 is 2.38 bits per heavy atom. The first-order valence-corrected chi connectivity index (χ1v) is 8.77. The van der Waals surface area contributed by atoms with Gasteiger partial charge < -0.3 is 9.47 Å². The molecule has 0 aliphatic rings. The van der Waals surface area contributed by atoms with Gasteiger partial charge in [-0.25, -0.2) is 10.2 Å². The van der Waals surface area contributed by atoms with E-state index in [1.54, 1.807) is 42.5 Å². The molecule has 0 spiro atoms. The topological polar surface area (TPSA) is 89.9 Å². The van der Waals surface area contributed by atoms with Crippen molar-refractivity contribution in [1.29, 1.82) is 0 Å². The highest BCUT2D eigenvalue weighted by molar-refractivity contribution is 5.95. The average molecular weight is 389 g/mol. The lowest BCUT2D eigenvalue weighted by Gasteiger charge is -2.09. The zero-order chi connectivity index (χ0) is 20.6. The number of esters is 1. The molecule has 3 aromatic rings. The molecule has 1 heterocycles. The second-order valence-electron chi connectivity index (χ2n) is 6.10. The number of pyridine rings is 1. The number of aryl methyl sites for hydroxylation is 1. The summed E-state index contributed by atoms with van der Waals surface area (Å²) in [7, 11) is 1.47. The molecule has 0 unspecified atom stereocenters. The summed E-state index contributed by atoms with van der Waals surface area (Å²) in [5.41, 5.74) is 5.10. The lowest BCUT2D eigenvalue weighted by Crippen LogP contribution is -2.17. The predicted octanol–water partition coefficient (Wildman–Crippen LogP) is 3.38. The van der Waals surface area contributed by atoms with E-state index in [1.807, 2.05) is 19.1 Å². The van der Waals surface area contributed by atoms with E-state index in [4.69, 9.17) is 9.47 Å². The fraction of sp³-hybridized carbons (Fsp3) is 0.0909. The monoisotopic (exact) mass is 389 g/mol. The second-order valence-corrected chi connectivity index (χ2v) is 6.10. The summed E-state index contributed by atoms with van der Waals surface area (Å²) in [6.45, 7) is 1.95. The van der Waals surface area contributed by atoms with Crippen LogP contribution in [0.4, 0.5) is 0 Å². The van der Waals surface area contributed by atoms with Crippen LogP contribution >= 0.6 is 0 Å². The Bertz CT molecular complexity index is 1030. The molecule has 3 rings (SSSR count). The van der Waals surface area contributed by atoms with Crippen LogP contribution < -0.4 is 14.9 Å². The zero-order valence-corrected chi connectivity index (χ0v) is 16.0. The van der Waals surface area contributed by atoms with E-state index in [1.165, 1.54) is 25.7 Å². The lowest BCUT2D eigenvalue weighted by molar-refractivity contribution is 0.0729. The van der Waals surface area contributed by atoms with E-state index in [0.717, 1.165) is 5.56 Å². The molecular formula is C22H19N3O4. The van der Waals surface area contributed by atoms with Gasteiger partial charge in [-0.05, 0) is 55.0 Å². The van der Waals surface area contributed by atoms with Gasteiger partial charge in [0.15, 0.2) is 11.5 Å². The number of hydrazone groups is 1. The fourth-order valence-corrected chi connectivity index (χ4v) is 2.43. The Kier molecular flexibility index (Phi) is 6.32. The Labute approximate surface area is 168 Å². The van der Waals surface area contributed by atoms with Crippen molar-refractivity contribution >= 4 is 18.1 Å². The number of amides is 1. The van der Waals surface area contributed by atoms with E-state index in [9.17, 15) is 9.59 Å². The third kappa shape index (κ3) is 5.26. The first-order chi connectivity index (χ1) is 14.1. The summed E-state index contributed by atoms with van der Waals surface area (Å²) in [5.74, 6) is -0.190. The molecular weight excluding hydrogens is 370 g/mol. The van der Waals surface area contributed by atoms with Gasteiger partial charge in [0, 0.05) is 18.0 Å². The average Bonchev–Trinajstić information content (AvgIpc) is 2.75. The summed E-state index contributed by atoms with van der Waals surface area (Å²) in [5, 5.41) is 3.96. The third-order valence-electron chi connectivity index (χ3n) is 4.00. The molecule has 0 atom stereocenters. The van der Waals surface area contributed by atoms with Crippen LogP contribution in [0.25, 0.3) is 0 Å². The number of aromatic nitrogens is 1. The zero-order valence-electron chi connectivity index (χ0n) is 16.0. The maximum absolute atomic E-state index is 12.2. The minimum absolute atomic E-state index is 0.273. The van der Waals surface area contributed by atoms with Crippen LogP contribution in [0.2, 0.25) is 0 Å². The Morgan fingerprint density at radius 1 is 0.966 bits per heavy atom. The van der Waals surface area contributed by atoms with Crippen LogP contribution in [0.5, 0.6) is 11.5 Å². The second kappa shape index (κ2) is 9.27. The molecule has 2 aromatic carbocycles. The Hall–Kier alpha value is -4.00. The van der Waals surface area contributed by atoms with Crippen LogP contribution in [0.15, 0.2) is 72.1 Å². The van der Waals surface area contributed by atoms with Crippen LogP contribution in [0.3, 0.4) is 0 Å². The molecule has 146 valence electrons. The quantitative estimate of drug-likeness (QED) is 0.302. The van der Waals surface area contributed by atoms with Crippen LogP contribution in [-0.4, -0.2) is 30.2 Å². The molecule has 0 radical (unpaired) electrons. The van der Waals surface area contributed by atoms with Gasteiger partial charge >= 0.3 is 5.97 Å². The van der Waals surface area contributed by atoms with Gasteiger partial charge in [0.1, 0.15) is 0 Å². The van der Waals surface area contributed by atoms with Crippen molar-refractivity contribution in [3.63, 3.8) is 0 Å². The number of carbonyl (C=O) groups is 2. The molecule has 0 aliphatic carbocycles. The summed E-state index contributed by atoms with van der Waals surface area (Å²) < 4.78 is 10.7. The third-order valence-corrected chi connectivity index (χ3v) is 4.00. The van der Waals surface area contributed by atoms with Gasteiger partial charge in [0.25, 0.3) is 5.91 Å². The first-order valence-electron chi connectivity index (χ1n) is 8.77. The molecule has 7 heteroatoms. The highest BCUT2D eigenvalue weighted by atomic mass is 16.6. The molecule has 1 amide bonds. The number of methoxy groups -OCH3 is 1. The van der Waals surface area contributed by atoms with E-state index in [0.29, 0.717) is 22.4 Å². The van der Waals surface area contributed by atoms with Crippen molar-refractivity contribution in [1.82, 2.24) is 10.4 Å². The van der Waals surface area contributed by atoms with Crippen molar-refractivity contribution in [3.05, 3.63) is 89.2 Å². The summed E-state index contributed by atoms with van der Waals surface area (Å²) in [6, 6.07) is 15.2. The molecule has 0 saturated heterocycles. The maximum atomic E-state index is 12.2. The van der Waals surface area contributed by atoms with Crippen LogP contribution in [-0.2, 0) is 0 Å². The molecule has 29 heavy (non-hydrogen) atoms. The number of rotatable bonds is 6. The van der Waals surface area contributed by atoms with Gasteiger partial charge in [-0.1, -0.05) is 17.7 Å². The fourth-order valence-electron chi connectivity index (χ4n) is 2.43. The number of hydrogen-bond acceptors (Lipinski definition) is 6. The van der Waals surface area contributed by atoms with Crippen molar-refractivity contribution in [3.8, 4) is 11.5 Å². The predicted molar refractivity (Wildman–Crippen MR) is 108 cm³/mol. The van der Waals surface area contributed by atoms with E-state index < -0.39 is 5.97 Å². The largest absolute Gasteiger partial charge is 0.493 e. The number of benzene rings is 2. The smallest absolute Gasteiger partial charge is 0.343 e. The number of ether oxygens (including phenoxy) is 2. The van der Waals surface area contributed by atoms with Crippen LogP contribution in [0.1, 0.15) is 31.8 Å². The van der Waals surface area contributed by atoms with Crippen molar-refractivity contribution < 1.29 is 19.1 Å². The van der Waals surface area contributed by atoms with Gasteiger partial charge in [0.2, 0.25) is 0 Å². The minimum Gasteiger partial charge on any atom is -0.493 e. The molecule has 0 bridgehead atoms. The van der Waals surface area contributed by atoms with E-state index in [2.05, 4.69) is 15.5 Å². The maximum Gasteiger partial charge on any atom is 0.343 e. The molecule has 0 saturated carbocycles. The van der Waals surface area contributed by atoms with Gasteiger partial charge in [0.05, 0.1) is 18.9 Å². The summed E-state index contributed by atoms with van der Waals surface area (Å²) in [4.78, 5) is 28.1. The molecule has 0 aliphatic heterocycles. The minimum atomic E-state index is -0.516. The van der Waals surface area contributed by atoms with E-state index >= 15 is 0 Å². The van der Waals surface area contributed by atoms with Crippen molar-refractivity contribution in [2.75, 3.05) is 7.11 Å². The number of nitrogens with one attached hydrogen (secondary N) is 1. The highest BCUT2D eigenvalue weighted by Gasteiger charge is 2.12. The number of hydrogen-bond donors (Lipinski definition) is 1. The molecule has 1 aromatic heterocycles. The molecule has 0 fully saturated rings. The Balaban J connectivity index is 1.66. The van der Waals surface area contributed by atoms with Gasteiger partial charge in [-0.15, -0.1) is 0 Å². The number of carbonyl (C=O) groups excluding carboxylic acids is 2. The summed E-state index contributed by atoms with van der Waals surface area (Å²) >= 11 is 0. The normalized spacial score (nSPS) is 10.6. The van der Waals surface area contributed by atoms with Gasteiger partial charge in [-0.3, -0.25) is 9.78 Å².